The molecule has 0 radical (unpaired) electrons. The summed E-state index contributed by atoms with van der Waals surface area (Å²) in [5.74, 6) is 0.587. The summed E-state index contributed by atoms with van der Waals surface area (Å²) >= 11 is 0. The van der Waals surface area contributed by atoms with Crippen molar-refractivity contribution in [2.24, 2.45) is 5.92 Å². The molecule has 0 fully saturated rings. The maximum absolute atomic E-state index is 11.5. The number of rotatable bonds is 9. The molecule has 126 valence electrons. The van der Waals surface area contributed by atoms with Crippen molar-refractivity contribution in [2.45, 2.75) is 72.1 Å². The third kappa shape index (κ3) is 11.5. The average Bonchev–Trinajstić information content (AvgIpc) is 2.32. The van der Waals surface area contributed by atoms with E-state index in [4.69, 9.17) is 9.47 Å². The minimum absolute atomic E-state index is 0.313. The van der Waals surface area contributed by atoms with Crippen LogP contribution in [0, 0.1) is 5.92 Å². The summed E-state index contributed by atoms with van der Waals surface area (Å²) in [5, 5.41) is 6.36. The monoisotopic (exact) mass is 302 g/mol. The molecule has 1 amide bonds. The van der Waals surface area contributed by atoms with Gasteiger partial charge in [-0.1, -0.05) is 13.8 Å². The maximum Gasteiger partial charge on any atom is 0.407 e. The molecule has 0 saturated carbocycles. The molecule has 5 heteroatoms. The SMILES string of the molecule is COCC(CCCNC(=O)OC(C)(C)C)NC(C)C(C)C. The first-order chi connectivity index (χ1) is 9.65. The third-order valence-corrected chi connectivity index (χ3v) is 3.26. The molecule has 0 bridgehead atoms. The Hall–Kier alpha value is -0.810. The van der Waals surface area contributed by atoms with Crippen molar-refractivity contribution in [1.29, 1.82) is 0 Å². The number of hydrogen-bond donors (Lipinski definition) is 2. The summed E-state index contributed by atoms with van der Waals surface area (Å²) in [4.78, 5) is 11.5. The molecule has 2 N–H and O–H groups in total. The van der Waals surface area contributed by atoms with Crippen LogP contribution in [0.15, 0.2) is 0 Å². The van der Waals surface area contributed by atoms with Gasteiger partial charge in [0.1, 0.15) is 5.60 Å². The first-order valence-corrected chi connectivity index (χ1v) is 7.87. The van der Waals surface area contributed by atoms with Gasteiger partial charge in [0.05, 0.1) is 6.61 Å². The number of methoxy groups -OCH3 is 1. The zero-order chi connectivity index (χ0) is 16.5. The van der Waals surface area contributed by atoms with E-state index in [2.05, 4.69) is 31.4 Å². The Labute approximate surface area is 130 Å². The van der Waals surface area contributed by atoms with Gasteiger partial charge in [-0.05, 0) is 46.5 Å². The molecule has 0 saturated heterocycles. The van der Waals surface area contributed by atoms with Crippen molar-refractivity contribution in [3.8, 4) is 0 Å². The van der Waals surface area contributed by atoms with E-state index in [1.807, 2.05) is 20.8 Å². The van der Waals surface area contributed by atoms with Crippen LogP contribution < -0.4 is 10.6 Å². The van der Waals surface area contributed by atoms with Gasteiger partial charge >= 0.3 is 6.09 Å². The summed E-state index contributed by atoms with van der Waals surface area (Å²) in [6.45, 7) is 13.5. The first-order valence-electron chi connectivity index (χ1n) is 7.87. The van der Waals surface area contributed by atoms with Gasteiger partial charge in [-0.25, -0.2) is 4.79 Å². The number of carbonyl (C=O) groups excluding carboxylic acids is 1. The van der Waals surface area contributed by atoms with Gasteiger partial charge in [-0.3, -0.25) is 0 Å². The quantitative estimate of drug-likeness (QED) is 0.643. The third-order valence-electron chi connectivity index (χ3n) is 3.26. The largest absolute Gasteiger partial charge is 0.444 e. The second-order valence-electron chi connectivity index (χ2n) is 6.92. The Bertz CT molecular complexity index is 288. The van der Waals surface area contributed by atoms with Gasteiger partial charge in [0.15, 0.2) is 0 Å². The Morgan fingerprint density at radius 3 is 2.29 bits per heavy atom. The predicted molar refractivity (Wildman–Crippen MR) is 86.6 cm³/mol. The van der Waals surface area contributed by atoms with Crippen molar-refractivity contribution in [3.05, 3.63) is 0 Å². The minimum atomic E-state index is -0.447. The topological polar surface area (TPSA) is 59.6 Å². The van der Waals surface area contributed by atoms with E-state index in [1.54, 1.807) is 7.11 Å². The van der Waals surface area contributed by atoms with Crippen molar-refractivity contribution >= 4 is 6.09 Å². The molecule has 0 heterocycles. The number of alkyl carbamates (subject to hydrolysis) is 1. The molecule has 0 aromatic carbocycles. The molecule has 0 rings (SSSR count). The van der Waals surface area contributed by atoms with Crippen molar-refractivity contribution in [2.75, 3.05) is 20.3 Å². The summed E-state index contributed by atoms with van der Waals surface area (Å²) in [6, 6.07) is 0.761. The highest BCUT2D eigenvalue weighted by atomic mass is 16.6. The second kappa shape index (κ2) is 10.0. The molecule has 0 aromatic rings. The standard InChI is InChI=1S/C16H34N2O3/c1-12(2)13(3)18-14(11-20-7)9-8-10-17-15(19)21-16(4,5)6/h12-14,18H,8-11H2,1-7H3,(H,17,19). The van der Waals surface area contributed by atoms with Gasteiger partial charge in [0.25, 0.3) is 0 Å². The van der Waals surface area contributed by atoms with Gasteiger partial charge < -0.3 is 20.1 Å². The fourth-order valence-corrected chi connectivity index (χ4v) is 1.83. The predicted octanol–water partition coefficient (Wildman–Crippen LogP) is 2.94. The van der Waals surface area contributed by atoms with E-state index < -0.39 is 5.60 Å². The van der Waals surface area contributed by atoms with Gasteiger partial charge in [-0.15, -0.1) is 0 Å². The molecular weight excluding hydrogens is 268 g/mol. The number of amides is 1. The minimum Gasteiger partial charge on any atom is -0.444 e. The lowest BCUT2D eigenvalue weighted by molar-refractivity contribution is 0.0526. The summed E-state index contributed by atoms with van der Waals surface area (Å²) in [5.41, 5.74) is -0.447. The lowest BCUT2D eigenvalue weighted by Crippen LogP contribution is -2.42. The van der Waals surface area contributed by atoms with Gasteiger partial charge in [-0.2, -0.15) is 0 Å². The van der Waals surface area contributed by atoms with Gasteiger partial charge in [0, 0.05) is 25.7 Å². The smallest absolute Gasteiger partial charge is 0.407 e. The lowest BCUT2D eigenvalue weighted by atomic mass is 10.0. The molecule has 21 heavy (non-hydrogen) atoms. The average molecular weight is 302 g/mol. The number of nitrogens with one attached hydrogen (secondary N) is 2. The number of carbonyl (C=O) groups is 1. The van der Waals surface area contributed by atoms with Crippen LogP contribution in [0.1, 0.15) is 54.4 Å². The Morgan fingerprint density at radius 1 is 1.19 bits per heavy atom. The molecule has 2 unspecified atom stereocenters. The van der Waals surface area contributed by atoms with E-state index in [0.717, 1.165) is 12.8 Å². The second-order valence-corrected chi connectivity index (χ2v) is 6.92. The van der Waals surface area contributed by atoms with Crippen LogP contribution in [0.25, 0.3) is 0 Å². The Morgan fingerprint density at radius 2 is 1.81 bits per heavy atom. The molecule has 0 aliphatic carbocycles. The Balaban J connectivity index is 3.96. The van der Waals surface area contributed by atoms with Crippen LogP contribution in [0.5, 0.6) is 0 Å². The highest BCUT2D eigenvalue weighted by Crippen LogP contribution is 2.07. The zero-order valence-corrected chi connectivity index (χ0v) is 14.8. The normalized spacial score (nSPS) is 14.9. The van der Waals surface area contributed by atoms with Gasteiger partial charge in [0.2, 0.25) is 0 Å². The molecule has 0 aromatic heterocycles. The summed E-state index contributed by atoms with van der Waals surface area (Å²) in [7, 11) is 1.72. The van der Waals surface area contributed by atoms with E-state index in [9.17, 15) is 4.79 Å². The fourth-order valence-electron chi connectivity index (χ4n) is 1.83. The molecule has 0 aliphatic rings. The highest BCUT2D eigenvalue weighted by molar-refractivity contribution is 5.67. The molecule has 0 aliphatic heterocycles. The van der Waals surface area contributed by atoms with Crippen molar-refractivity contribution in [3.63, 3.8) is 0 Å². The first kappa shape index (κ1) is 20.2. The fraction of sp³-hybridized carbons (Fsp3) is 0.938. The molecular formula is C16H34N2O3. The number of hydrogen-bond acceptors (Lipinski definition) is 4. The van der Waals surface area contributed by atoms with Crippen LogP contribution in [-0.4, -0.2) is 44.0 Å². The van der Waals surface area contributed by atoms with Crippen LogP contribution >= 0.6 is 0 Å². The molecule has 0 spiro atoms. The zero-order valence-electron chi connectivity index (χ0n) is 14.8. The maximum atomic E-state index is 11.5. The lowest BCUT2D eigenvalue weighted by Gasteiger charge is -2.25. The van der Waals surface area contributed by atoms with Crippen molar-refractivity contribution in [1.82, 2.24) is 10.6 Å². The summed E-state index contributed by atoms with van der Waals surface area (Å²) in [6.07, 6.45) is 1.50. The van der Waals surface area contributed by atoms with Crippen LogP contribution in [0.4, 0.5) is 4.79 Å². The molecule has 2 atom stereocenters. The van der Waals surface area contributed by atoms with E-state index in [-0.39, 0.29) is 6.09 Å². The van der Waals surface area contributed by atoms with Crippen LogP contribution in [0.2, 0.25) is 0 Å². The van der Waals surface area contributed by atoms with Crippen LogP contribution in [-0.2, 0) is 9.47 Å². The van der Waals surface area contributed by atoms with Crippen molar-refractivity contribution < 1.29 is 14.3 Å². The number of ether oxygens (including phenoxy) is 2. The van der Waals surface area contributed by atoms with E-state index in [1.165, 1.54) is 0 Å². The highest BCUT2D eigenvalue weighted by Gasteiger charge is 2.16. The summed E-state index contributed by atoms with van der Waals surface area (Å²) < 4.78 is 10.5. The van der Waals surface area contributed by atoms with Crippen LogP contribution in [0.3, 0.4) is 0 Å². The van der Waals surface area contributed by atoms with E-state index in [0.29, 0.717) is 31.2 Å². The van der Waals surface area contributed by atoms with E-state index >= 15 is 0 Å². The molecule has 5 nitrogen and oxygen atoms in total. The Kier molecular flexibility index (Phi) is 9.62.